The van der Waals surface area contributed by atoms with Crippen molar-refractivity contribution < 1.29 is 8.83 Å². The van der Waals surface area contributed by atoms with E-state index in [0.29, 0.717) is 0 Å². The number of hydrogen-bond donors (Lipinski definition) is 0. The van der Waals surface area contributed by atoms with Crippen LogP contribution in [-0.2, 0) is 0 Å². The van der Waals surface area contributed by atoms with Crippen LogP contribution in [0.25, 0.3) is 122 Å². The highest BCUT2D eigenvalue weighted by Gasteiger charge is 2.18. The summed E-state index contributed by atoms with van der Waals surface area (Å²) in [6.07, 6.45) is 0. The van der Waals surface area contributed by atoms with Gasteiger partial charge in [-0.25, -0.2) is 0 Å². The maximum atomic E-state index is 6.19. The molecule has 0 saturated carbocycles. The lowest BCUT2D eigenvalue weighted by Gasteiger charge is -2.26. The Morgan fingerprint density at radius 1 is 0.138 bits per heavy atom. The molecule has 0 fully saturated rings. The van der Waals surface area contributed by atoms with Crippen molar-refractivity contribution in [2.75, 3.05) is 9.80 Å². The summed E-state index contributed by atoms with van der Waals surface area (Å²) in [4.78, 5) is 4.64. The fourth-order valence-electron chi connectivity index (χ4n) is 12.9. The van der Waals surface area contributed by atoms with Crippen LogP contribution in [-0.4, -0.2) is 0 Å². The Morgan fingerprint density at radius 3 is 0.649 bits per heavy atom. The van der Waals surface area contributed by atoms with Crippen LogP contribution < -0.4 is 9.80 Å². The fourth-order valence-corrected chi connectivity index (χ4v) is 12.9. The van der Waals surface area contributed by atoms with E-state index in [9.17, 15) is 0 Å². The van der Waals surface area contributed by atoms with Gasteiger partial charge in [0, 0.05) is 55.7 Å². The lowest BCUT2D eigenvalue weighted by Crippen LogP contribution is -2.09. The van der Waals surface area contributed by atoms with Gasteiger partial charge in [0.15, 0.2) is 0 Å². The summed E-state index contributed by atoms with van der Waals surface area (Å²) in [5.74, 6) is 0. The van der Waals surface area contributed by atoms with Crippen molar-refractivity contribution in [1.29, 1.82) is 0 Å². The molecule has 4 nitrogen and oxygen atoms in total. The molecule has 2 heterocycles. The van der Waals surface area contributed by atoms with E-state index < -0.39 is 0 Å². The molecule has 0 N–H and O–H groups in total. The van der Waals surface area contributed by atoms with E-state index in [1.807, 2.05) is 24.3 Å². The van der Waals surface area contributed by atoms with Gasteiger partial charge in [0.1, 0.15) is 22.3 Å². The smallest absolute Gasteiger partial charge is 0.136 e. The third-order valence-electron chi connectivity index (χ3n) is 17.8. The first-order valence-electron chi connectivity index (χ1n) is 31.9. The molecule has 444 valence electrons. The minimum absolute atomic E-state index is 0.909. The lowest BCUT2D eigenvalue weighted by molar-refractivity contribution is 0.668. The highest BCUT2D eigenvalue weighted by atomic mass is 16.3. The van der Waals surface area contributed by atoms with E-state index in [1.165, 1.54) is 55.6 Å². The first-order chi connectivity index (χ1) is 46.6. The molecule has 0 bridgehead atoms. The minimum Gasteiger partial charge on any atom is -0.456 e. The van der Waals surface area contributed by atoms with E-state index in [2.05, 4.69) is 362 Å². The van der Waals surface area contributed by atoms with E-state index in [4.69, 9.17) is 8.83 Å². The lowest BCUT2D eigenvalue weighted by atomic mass is 9.98. The van der Waals surface area contributed by atoms with Crippen LogP contribution in [0.5, 0.6) is 0 Å². The molecule has 0 radical (unpaired) electrons. The normalized spacial score (nSPS) is 11.2. The zero-order chi connectivity index (χ0) is 62.6. The maximum Gasteiger partial charge on any atom is 0.136 e. The summed E-state index contributed by atoms with van der Waals surface area (Å²) < 4.78 is 12.4. The second kappa shape index (κ2) is 25.4. The van der Waals surface area contributed by atoms with Gasteiger partial charge in [0.25, 0.3) is 0 Å². The molecule has 0 unspecified atom stereocenters. The first kappa shape index (κ1) is 56.7. The van der Waals surface area contributed by atoms with Crippen molar-refractivity contribution in [3.8, 4) is 77.9 Å². The number of furan rings is 2. The molecule has 0 aliphatic carbocycles. The molecular weight excluding hydrogens is 1140 g/mol. The quantitative estimate of drug-likeness (QED) is 0.115. The molecule has 94 heavy (non-hydrogen) atoms. The molecule has 17 aromatic rings. The SMILES string of the molecule is c1ccc(-c2ccc(N(c3ccc(-c4ccccc4)cc3)c3ccc(-c4ccc5c(c4)oc4ccccc45)cc3)cc2)cc1.c1ccc(-c2ccc(N(c3ccc(-c4ccccc4)cc3)c3ccc(-c4cccc(-c5ccc6c(c5)oc5ccccc56)c4)cc3)cc2)cc1. The van der Waals surface area contributed by atoms with Crippen LogP contribution in [0.15, 0.2) is 385 Å². The van der Waals surface area contributed by atoms with Gasteiger partial charge < -0.3 is 18.6 Å². The van der Waals surface area contributed by atoms with E-state index in [1.54, 1.807) is 0 Å². The van der Waals surface area contributed by atoms with Gasteiger partial charge in [-0.15, -0.1) is 0 Å². The third-order valence-corrected chi connectivity index (χ3v) is 17.8. The molecule has 2 aromatic heterocycles. The number of nitrogens with zero attached hydrogens (tertiary/aromatic N) is 2. The number of anilines is 6. The molecule has 0 saturated heterocycles. The van der Waals surface area contributed by atoms with Crippen molar-refractivity contribution in [3.05, 3.63) is 376 Å². The summed E-state index contributed by atoms with van der Waals surface area (Å²) >= 11 is 0. The number of fused-ring (bicyclic) bond motifs is 6. The van der Waals surface area contributed by atoms with Gasteiger partial charge in [-0.2, -0.15) is 0 Å². The Morgan fingerprint density at radius 2 is 0.340 bits per heavy atom. The van der Waals surface area contributed by atoms with Gasteiger partial charge in [0.2, 0.25) is 0 Å². The molecule has 0 aliphatic heterocycles. The largest absolute Gasteiger partial charge is 0.456 e. The van der Waals surface area contributed by atoms with E-state index in [0.717, 1.165) is 100 Å². The highest BCUT2D eigenvalue weighted by Crippen LogP contribution is 2.42. The second-order valence-corrected chi connectivity index (χ2v) is 23.6. The molecule has 17 rings (SSSR count). The average molecular weight is 1200 g/mol. The van der Waals surface area contributed by atoms with E-state index >= 15 is 0 Å². The standard InChI is InChI=1S/C48H33NO.C42H29NO/c1-3-10-34(11-4-1)36-18-25-42(26-19-36)49(43-27-20-37(21-28-43)35-12-5-2-6-13-35)44-29-22-38(23-30-44)39-14-9-15-40(32-39)41-24-31-46-45-16-7-8-17-47(45)50-48(46)33-41;1-3-9-30(10-4-1)32-15-22-36(23-16-32)43(37-24-17-33(18-25-37)31-11-5-2-6-12-31)38-26-19-34(20-27-38)35-21-28-40-39-13-7-8-14-41(39)44-42(40)29-35/h1-33H;1-29H. The van der Waals surface area contributed by atoms with Crippen LogP contribution in [0.4, 0.5) is 34.1 Å². The van der Waals surface area contributed by atoms with Gasteiger partial charge in [-0.3, -0.25) is 0 Å². The number of benzene rings is 15. The number of para-hydroxylation sites is 2. The monoisotopic (exact) mass is 1200 g/mol. The van der Waals surface area contributed by atoms with Gasteiger partial charge >= 0.3 is 0 Å². The van der Waals surface area contributed by atoms with Crippen LogP contribution in [0.1, 0.15) is 0 Å². The molecule has 0 amide bonds. The van der Waals surface area contributed by atoms with Gasteiger partial charge in [0.05, 0.1) is 0 Å². The average Bonchev–Trinajstić information content (AvgIpc) is 2.97. The number of rotatable bonds is 13. The predicted molar refractivity (Wildman–Crippen MR) is 395 cm³/mol. The molecule has 0 atom stereocenters. The zero-order valence-corrected chi connectivity index (χ0v) is 51.5. The topological polar surface area (TPSA) is 32.8 Å². The van der Waals surface area contributed by atoms with Crippen molar-refractivity contribution in [3.63, 3.8) is 0 Å². The summed E-state index contributed by atoms with van der Waals surface area (Å²) in [5.41, 5.74) is 26.8. The Balaban J connectivity index is 0.000000150. The number of hydrogen-bond acceptors (Lipinski definition) is 4. The predicted octanol–water partition coefficient (Wildman–Crippen LogP) is 25.8. The Bertz CT molecular complexity index is 5250. The van der Waals surface area contributed by atoms with Crippen LogP contribution in [0.2, 0.25) is 0 Å². The van der Waals surface area contributed by atoms with E-state index in [-0.39, 0.29) is 0 Å². The molecular formula is C90H62N2O2. The van der Waals surface area contributed by atoms with Crippen LogP contribution in [0, 0.1) is 0 Å². The van der Waals surface area contributed by atoms with Crippen molar-refractivity contribution >= 4 is 78.0 Å². The minimum atomic E-state index is 0.909. The fraction of sp³-hybridized carbons (Fsp3) is 0. The van der Waals surface area contributed by atoms with Crippen LogP contribution >= 0.6 is 0 Å². The second-order valence-electron chi connectivity index (χ2n) is 23.6. The zero-order valence-electron chi connectivity index (χ0n) is 51.5. The molecule has 15 aromatic carbocycles. The summed E-state index contributed by atoms with van der Waals surface area (Å²) in [5, 5.41) is 4.59. The molecule has 0 aliphatic rings. The van der Waals surface area contributed by atoms with Gasteiger partial charge in [-0.05, 0) is 193 Å². The highest BCUT2D eigenvalue weighted by molar-refractivity contribution is 6.07. The summed E-state index contributed by atoms with van der Waals surface area (Å²) in [6.45, 7) is 0. The van der Waals surface area contributed by atoms with Crippen molar-refractivity contribution in [2.45, 2.75) is 0 Å². The van der Waals surface area contributed by atoms with Crippen LogP contribution in [0.3, 0.4) is 0 Å². The Labute approximate surface area is 547 Å². The molecule has 4 heteroatoms. The Kier molecular flexibility index (Phi) is 15.3. The third kappa shape index (κ3) is 11.6. The maximum absolute atomic E-state index is 6.19. The Hall–Kier alpha value is -12.5. The summed E-state index contributed by atoms with van der Waals surface area (Å²) in [6, 6.07) is 133. The first-order valence-corrected chi connectivity index (χ1v) is 31.9. The van der Waals surface area contributed by atoms with Gasteiger partial charge in [-0.1, -0.05) is 261 Å². The van der Waals surface area contributed by atoms with Crippen molar-refractivity contribution in [2.24, 2.45) is 0 Å². The van der Waals surface area contributed by atoms with Crippen molar-refractivity contribution in [1.82, 2.24) is 0 Å². The molecule has 0 spiro atoms. The summed E-state index contributed by atoms with van der Waals surface area (Å²) in [7, 11) is 0.